The summed E-state index contributed by atoms with van der Waals surface area (Å²) in [5.41, 5.74) is -0.750. The molecule has 110 valence electrons. The SMILES string of the molecule is CN1C[C@H](CN(C)c2ncccc2C(F)(F)F)CC1=O. The Morgan fingerprint density at radius 1 is 1.50 bits per heavy atom. The van der Waals surface area contributed by atoms with Gasteiger partial charge in [-0.05, 0) is 12.1 Å². The van der Waals surface area contributed by atoms with E-state index >= 15 is 0 Å². The van der Waals surface area contributed by atoms with Crippen LogP contribution in [0.5, 0.6) is 0 Å². The molecule has 0 aliphatic carbocycles. The number of amides is 1. The van der Waals surface area contributed by atoms with E-state index in [1.54, 1.807) is 19.0 Å². The molecule has 0 radical (unpaired) electrons. The van der Waals surface area contributed by atoms with Crippen molar-refractivity contribution >= 4 is 11.7 Å². The van der Waals surface area contributed by atoms with E-state index in [9.17, 15) is 18.0 Å². The van der Waals surface area contributed by atoms with Gasteiger partial charge < -0.3 is 9.80 Å². The molecular formula is C13H16F3N3O. The lowest BCUT2D eigenvalue weighted by Gasteiger charge is -2.24. The summed E-state index contributed by atoms with van der Waals surface area (Å²) in [5.74, 6) is -0.0388. The maximum Gasteiger partial charge on any atom is 0.419 e. The molecule has 20 heavy (non-hydrogen) atoms. The number of hydrogen-bond acceptors (Lipinski definition) is 3. The van der Waals surface area contributed by atoms with E-state index < -0.39 is 11.7 Å². The zero-order chi connectivity index (χ0) is 14.9. The van der Waals surface area contributed by atoms with Crippen molar-refractivity contribution in [2.75, 3.05) is 32.1 Å². The van der Waals surface area contributed by atoms with Gasteiger partial charge in [-0.25, -0.2) is 4.98 Å². The number of anilines is 1. The lowest BCUT2D eigenvalue weighted by molar-refractivity contribution is -0.137. The normalized spacial score (nSPS) is 19.6. The number of rotatable bonds is 3. The van der Waals surface area contributed by atoms with Crippen LogP contribution in [0.4, 0.5) is 19.0 Å². The van der Waals surface area contributed by atoms with Gasteiger partial charge in [-0.3, -0.25) is 4.79 Å². The van der Waals surface area contributed by atoms with Crippen LogP contribution in [0, 0.1) is 5.92 Å². The molecule has 1 aliphatic heterocycles. The van der Waals surface area contributed by atoms with Gasteiger partial charge in [0, 0.05) is 45.7 Å². The highest BCUT2D eigenvalue weighted by atomic mass is 19.4. The zero-order valence-corrected chi connectivity index (χ0v) is 11.3. The number of likely N-dealkylation sites (tertiary alicyclic amines) is 1. The van der Waals surface area contributed by atoms with Crippen LogP contribution in [0.3, 0.4) is 0 Å². The smallest absolute Gasteiger partial charge is 0.359 e. The molecule has 0 N–H and O–H groups in total. The molecule has 0 unspecified atom stereocenters. The minimum atomic E-state index is -4.43. The summed E-state index contributed by atoms with van der Waals surface area (Å²) in [6, 6.07) is 2.29. The molecule has 0 spiro atoms. The fraction of sp³-hybridized carbons (Fsp3) is 0.538. The zero-order valence-electron chi connectivity index (χ0n) is 11.3. The Hall–Kier alpha value is -1.79. The summed E-state index contributed by atoms with van der Waals surface area (Å²) < 4.78 is 38.8. The predicted octanol–water partition coefficient (Wildman–Crippen LogP) is 2.01. The van der Waals surface area contributed by atoms with Gasteiger partial charge in [0.15, 0.2) is 0 Å². The summed E-state index contributed by atoms with van der Waals surface area (Å²) in [6.07, 6.45) is -2.72. The Morgan fingerprint density at radius 3 is 2.75 bits per heavy atom. The average Bonchev–Trinajstić information content (AvgIpc) is 2.67. The van der Waals surface area contributed by atoms with Crippen molar-refractivity contribution in [3.8, 4) is 0 Å². The van der Waals surface area contributed by atoms with Crippen molar-refractivity contribution in [3.05, 3.63) is 23.9 Å². The molecule has 2 heterocycles. The first-order valence-corrected chi connectivity index (χ1v) is 6.26. The van der Waals surface area contributed by atoms with Crippen molar-refractivity contribution in [1.29, 1.82) is 0 Å². The summed E-state index contributed by atoms with van der Waals surface area (Å²) in [5, 5.41) is 0. The first-order chi connectivity index (χ1) is 9.29. The largest absolute Gasteiger partial charge is 0.419 e. The summed E-state index contributed by atoms with van der Waals surface area (Å²) in [4.78, 5) is 18.3. The highest BCUT2D eigenvalue weighted by Gasteiger charge is 2.36. The standard InChI is InChI=1S/C13H16F3N3O/c1-18-7-9(6-11(18)20)8-19(2)12-10(13(14,15)16)4-3-5-17-12/h3-5,9H,6-8H2,1-2H3/t9-/m1/s1. The van der Waals surface area contributed by atoms with Crippen molar-refractivity contribution in [2.45, 2.75) is 12.6 Å². The molecular weight excluding hydrogens is 271 g/mol. The van der Waals surface area contributed by atoms with Crippen molar-refractivity contribution in [3.63, 3.8) is 0 Å². The Morgan fingerprint density at radius 2 is 2.20 bits per heavy atom. The number of carbonyl (C=O) groups excluding carboxylic acids is 1. The van der Waals surface area contributed by atoms with Crippen LogP contribution in [0.25, 0.3) is 0 Å². The number of pyridine rings is 1. The van der Waals surface area contributed by atoms with E-state index in [4.69, 9.17) is 0 Å². The number of halogens is 3. The Balaban J connectivity index is 2.14. The predicted molar refractivity (Wildman–Crippen MR) is 68.3 cm³/mol. The molecule has 2 rings (SSSR count). The highest BCUT2D eigenvalue weighted by molar-refractivity contribution is 5.78. The summed E-state index contributed by atoms with van der Waals surface area (Å²) in [6.45, 7) is 0.938. The molecule has 7 heteroatoms. The molecule has 4 nitrogen and oxygen atoms in total. The Bertz CT molecular complexity index is 504. The lowest BCUT2D eigenvalue weighted by Crippen LogP contribution is -2.29. The highest BCUT2D eigenvalue weighted by Crippen LogP contribution is 2.35. The monoisotopic (exact) mass is 287 g/mol. The molecule has 0 bridgehead atoms. The number of alkyl halides is 3. The molecule has 1 saturated heterocycles. The third-order valence-electron chi connectivity index (χ3n) is 3.41. The van der Waals surface area contributed by atoms with E-state index in [-0.39, 0.29) is 17.6 Å². The minimum absolute atomic E-state index is 0.0282. The van der Waals surface area contributed by atoms with Crippen LogP contribution in [0.2, 0.25) is 0 Å². The quantitative estimate of drug-likeness (QED) is 0.853. The van der Waals surface area contributed by atoms with E-state index in [1.807, 2.05) is 0 Å². The summed E-state index contributed by atoms with van der Waals surface area (Å²) in [7, 11) is 3.27. The number of carbonyl (C=O) groups is 1. The molecule has 1 amide bonds. The second-order valence-electron chi connectivity index (χ2n) is 5.10. The fourth-order valence-corrected chi connectivity index (χ4v) is 2.47. The van der Waals surface area contributed by atoms with Crippen LogP contribution < -0.4 is 4.90 Å². The van der Waals surface area contributed by atoms with E-state index in [0.29, 0.717) is 19.5 Å². The van der Waals surface area contributed by atoms with Crippen molar-refractivity contribution < 1.29 is 18.0 Å². The fourth-order valence-electron chi connectivity index (χ4n) is 2.47. The van der Waals surface area contributed by atoms with Crippen LogP contribution >= 0.6 is 0 Å². The van der Waals surface area contributed by atoms with Crippen molar-refractivity contribution in [1.82, 2.24) is 9.88 Å². The Labute approximate surface area is 115 Å². The molecule has 0 aromatic carbocycles. The van der Waals surface area contributed by atoms with E-state index in [0.717, 1.165) is 6.07 Å². The van der Waals surface area contributed by atoms with Gasteiger partial charge in [-0.15, -0.1) is 0 Å². The number of aromatic nitrogens is 1. The number of nitrogens with zero attached hydrogens (tertiary/aromatic N) is 3. The first-order valence-electron chi connectivity index (χ1n) is 6.26. The second kappa shape index (κ2) is 5.30. The van der Waals surface area contributed by atoms with Gasteiger partial charge in [0.1, 0.15) is 5.82 Å². The van der Waals surface area contributed by atoms with Crippen LogP contribution in [0.15, 0.2) is 18.3 Å². The van der Waals surface area contributed by atoms with Crippen LogP contribution in [0.1, 0.15) is 12.0 Å². The second-order valence-corrected chi connectivity index (χ2v) is 5.10. The third-order valence-corrected chi connectivity index (χ3v) is 3.41. The van der Waals surface area contributed by atoms with E-state index in [2.05, 4.69) is 4.98 Å². The third kappa shape index (κ3) is 3.02. The summed E-state index contributed by atoms with van der Waals surface area (Å²) >= 11 is 0. The molecule has 1 fully saturated rings. The molecule has 1 aliphatic rings. The molecule has 1 aromatic heterocycles. The molecule has 0 saturated carbocycles. The maximum atomic E-state index is 12.9. The number of hydrogen-bond donors (Lipinski definition) is 0. The van der Waals surface area contributed by atoms with Gasteiger partial charge in [0.05, 0.1) is 5.56 Å². The van der Waals surface area contributed by atoms with Gasteiger partial charge in [0.2, 0.25) is 5.91 Å². The first kappa shape index (κ1) is 14.6. The van der Waals surface area contributed by atoms with Gasteiger partial charge >= 0.3 is 6.18 Å². The lowest BCUT2D eigenvalue weighted by atomic mass is 10.1. The van der Waals surface area contributed by atoms with Crippen molar-refractivity contribution in [2.24, 2.45) is 5.92 Å². The van der Waals surface area contributed by atoms with Gasteiger partial charge in [-0.1, -0.05) is 0 Å². The van der Waals surface area contributed by atoms with Crippen LogP contribution in [-0.4, -0.2) is 43.0 Å². The van der Waals surface area contributed by atoms with Crippen LogP contribution in [-0.2, 0) is 11.0 Å². The Kier molecular flexibility index (Phi) is 3.87. The minimum Gasteiger partial charge on any atom is -0.359 e. The molecule has 1 atom stereocenters. The topological polar surface area (TPSA) is 36.4 Å². The van der Waals surface area contributed by atoms with Gasteiger partial charge in [-0.2, -0.15) is 13.2 Å². The van der Waals surface area contributed by atoms with E-state index in [1.165, 1.54) is 17.2 Å². The average molecular weight is 287 g/mol. The molecule has 1 aromatic rings. The maximum absolute atomic E-state index is 12.9. The van der Waals surface area contributed by atoms with Gasteiger partial charge in [0.25, 0.3) is 0 Å².